The summed E-state index contributed by atoms with van der Waals surface area (Å²) in [6, 6.07) is 8.04. The number of imidazole rings is 1. The summed E-state index contributed by atoms with van der Waals surface area (Å²) in [5.41, 5.74) is 3.95. The second-order valence-electron chi connectivity index (χ2n) is 7.25. The number of aryl methyl sites for hydroxylation is 1. The maximum Gasteiger partial charge on any atom is 0.228 e. The number of hydrogen-bond donors (Lipinski definition) is 1. The Morgan fingerprint density at radius 1 is 1.14 bits per heavy atom. The fourth-order valence-electron chi connectivity index (χ4n) is 3.76. The van der Waals surface area contributed by atoms with Crippen LogP contribution in [0.25, 0.3) is 21.9 Å². The third-order valence-electron chi connectivity index (χ3n) is 5.26. The van der Waals surface area contributed by atoms with Crippen molar-refractivity contribution in [2.75, 3.05) is 29.9 Å². The highest BCUT2D eigenvalue weighted by Gasteiger charge is 2.17. The average Bonchev–Trinajstić information content (AvgIpc) is 3.18. The molecule has 1 saturated heterocycles. The number of benzene rings is 1. The van der Waals surface area contributed by atoms with Gasteiger partial charge in [-0.3, -0.25) is 0 Å². The van der Waals surface area contributed by atoms with E-state index in [0.717, 1.165) is 53.9 Å². The highest BCUT2D eigenvalue weighted by atomic mass is 16.5. The number of pyridine rings is 1. The zero-order valence-corrected chi connectivity index (χ0v) is 16.5. The van der Waals surface area contributed by atoms with Crippen LogP contribution in [0.3, 0.4) is 0 Å². The molecule has 1 N–H and O–H groups in total. The number of aromatic nitrogens is 5. The van der Waals surface area contributed by atoms with Gasteiger partial charge in [0.15, 0.2) is 0 Å². The third-order valence-corrected chi connectivity index (χ3v) is 5.26. The molecule has 1 aliphatic heterocycles. The van der Waals surface area contributed by atoms with Crippen LogP contribution in [0, 0.1) is 0 Å². The maximum absolute atomic E-state index is 5.61. The topological polar surface area (TPSA) is 81.0 Å². The standard InChI is InChI=1S/C21H23N7O/c1-3-27-13-24-17-6-4-15-10-23-21(26-19(15)20(17)27)25-18-7-5-16(11-22-18)28-8-9-29-14(2)12-28/h4-7,10-11,13-14H,3,8-9,12H2,1-2H3,(H,22,23,25,26). The molecule has 29 heavy (non-hydrogen) atoms. The van der Waals surface area contributed by atoms with Crippen molar-refractivity contribution in [3.05, 3.63) is 43.0 Å². The molecule has 1 aromatic carbocycles. The van der Waals surface area contributed by atoms with E-state index in [2.05, 4.69) is 49.6 Å². The lowest BCUT2D eigenvalue weighted by Crippen LogP contribution is -2.41. The highest BCUT2D eigenvalue weighted by molar-refractivity contribution is 6.01. The Kier molecular flexibility index (Phi) is 4.48. The molecule has 3 aromatic heterocycles. The van der Waals surface area contributed by atoms with Crippen molar-refractivity contribution >= 4 is 39.4 Å². The number of anilines is 3. The SMILES string of the molecule is CCn1cnc2ccc3cnc(Nc4ccc(N5CCOC(C)C5)cn4)nc3c21. The Morgan fingerprint density at radius 3 is 2.86 bits per heavy atom. The van der Waals surface area contributed by atoms with E-state index in [1.165, 1.54) is 0 Å². The fourth-order valence-corrected chi connectivity index (χ4v) is 3.76. The number of ether oxygens (including phenoxy) is 1. The van der Waals surface area contributed by atoms with Crippen LogP contribution in [-0.4, -0.2) is 50.3 Å². The first-order valence-electron chi connectivity index (χ1n) is 9.91. The minimum absolute atomic E-state index is 0.237. The lowest BCUT2D eigenvalue weighted by Gasteiger charge is -2.32. The molecule has 0 saturated carbocycles. The summed E-state index contributed by atoms with van der Waals surface area (Å²) >= 11 is 0. The predicted octanol–water partition coefficient (Wildman–Crippen LogP) is 3.36. The van der Waals surface area contributed by atoms with Gasteiger partial charge in [-0.2, -0.15) is 0 Å². The number of nitrogens with one attached hydrogen (secondary N) is 1. The van der Waals surface area contributed by atoms with Crippen molar-refractivity contribution in [3.8, 4) is 0 Å². The summed E-state index contributed by atoms with van der Waals surface area (Å²) in [6.45, 7) is 7.53. The lowest BCUT2D eigenvalue weighted by atomic mass is 10.2. The molecule has 0 aliphatic carbocycles. The van der Waals surface area contributed by atoms with Crippen LogP contribution in [0.5, 0.6) is 0 Å². The van der Waals surface area contributed by atoms with Gasteiger partial charge in [-0.25, -0.2) is 19.9 Å². The van der Waals surface area contributed by atoms with E-state index in [1.54, 1.807) is 0 Å². The van der Waals surface area contributed by atoms with Crippen LogP contribution in [0.2, 0.25) is 0 Å². The Balaban J connectivity index is 1.42. The van der Waals surface area contributed by atoms with E-state index < -0.39 is 0 Å². The van der Waals surface area contributed by atoms with E-state index in [4.69, 9.17) is 9.72 Å². The van der Waals surface area contributed by atoms with Gasteiger partial charge in [0.25, 0.3) is 0 Å². The van der Waals surface area contributed by atoms with Gasteiger partial charge in [0.05, 0.1) is 42.0 Å². The Hall–Kier alpha value is -3.26. The molecule has 148 valence electrons. The summed E-state index contributed by atoms with van der Waals surface area (Å²) in [5, 5.41) is 4.21. The molecule has 4 heterocycles. The number of nitrogens with zero attached hydrogens (tertiary/aromatic N) is 6. The van der Waals surface area contributed by atoms with Crippen LogP contribution in [-0.2, 0) is 11.3 Å². The van der Waals surface area contributed by atoms with Gasteiger partial charge in [-0.15, -0.1) is 0 Å². The van der Waals surface area contributed by atoms with Gasteiger partial charge in [0, 0.05) is 31.2 Å². The number of morpholine rings is 1. The molecule has 4 aromatic rings. The highest BCUT2D eigenvalue weighted by Crippen LogP contribution is 2.25. The van der Waals surface area contributed by atoms with Gasteiger partial charge in [0.1, 0.15) is 11.3 Å². The van der Waals surface area contributed by atoms with Crippen LogP contribution >= 0.6 is 0 Å². The minimum Gasteiger partial charge on any atom is -0.375 e. The Labute approximate surface area is 168 Å². The zero-order chi connectivity index (χ0) is 19.8. The van der Waals surface area contributed by atoms with Crippen molar-refractivity contribution in [3.63, 3.8) is 0 Å². The molecule has 1 atom stereocenters. The van der Waals surface area contributed by atoms with E-state index in [9.17, 15) is 0 Å². The molecule has 1 unspecified atom stereocenters. The summed E-state index contributed by atoms with van der Waals surface area (Å²) in [7, 11) is 0. The molecule has 1 aliphatic rings. The van der Waals surface area contributed by atoms with E-state index in [1.807, 2.05) is 36.9 Å². The molecular weight excluding hydrogens is 366 g/mol. The summed E-state index contributed by atoms with van der Waals surface area (Å²) in [4.78, 5) is 20.5. The van der Waals surface area contributed by atoms with Gasteiger partial charge in [-0.1, -0.05) is 0 Å². The first-order valence-corrected chi connectivity index (χ1v) is 9.91. The zero-order valence-electron chi connectivity index (χ0n) is 16.5. The quantitative estimate of drug-likeness (QED) is 0.573. The second-order valence-corrected chi connectivity index (χ2v) is 7.25. The largest absolute Gasteiger partial charge is 0.375 e. The summed E-state index contributed by atoms with van der Waals surface area (Å²) < 4.78 is 7.71. The van der Waals surface area contributed by atoms with Crippen LogP contribution in [0.4, 0.5) is 17.5 Å². The smallest absolute Gasteiger partial charge is 0.228 e. The Morgan fingerprint density at radius 2 is 2.07 bits per heavy atom. The van der Waals surface area contributed by atoms with Crippen LogP contribution in [0.15, 0.2) is 43.0 Å². The Bertz CT molecular complexity index is 1160. The third kappa shape index (κ3) is 3.36. The minimum atomic E-state index is 0.237. The maximum atomic E-state index is 5.61. The van der Waals surface area contributed by atoms with Crippen molar-refractivity contribution in [1.29, 1.82) is 0 Å². The monoisotopic (exact) mass is 389 g/mol. The molecule has 5 rings (SSSR count). The van der Waals surface area contributed by atoms with Crippen molar-refractivity contribution in [2.45, 2.75) is 26.5 Å². The summed E-state index contributed by atoms with van der Waals surface area (Å²) in [6.07, 6.45) is 5.80. The number of hydrogen-bond acceptors (Lipinski definition) is 7. The van der Waals surface area contributed by atoms with Gasteiger partial charge < -0.3 is 19.5 Å². The molecule has 0 spiro atoms. The fraction of sp³-hybridized carbons (Fsp3) is 0.333. The van der Waals surface area contributed by atoms with Crippen molar-refractivity contribution in [2.24, 2.45) is 0 Å². The van der Waals surface area contributed by atoms with Gasteiger partial charge in [-0.05, 0) is 38.1 Å². The first-order chi connectivity index (χ1) is 14.2. The van der Waals surface area contributed by atoms with E-state index in [0.29, 0.717) is 11.8 Å². The predicted molar refractivity (Wildman–Crippen MR) is 114 cm³/mol. The second kappa shape index (κ2) is 7.29. The van der Waals surface area contributed by atoms with Gasteiger partial charge in [0.2, 0.25) is 5.95 Å². The molecule has 0 radical (unpaired) electrons. The number of fused-ring (bicyclic) bond motifs is 3. The average molecular weight is 389 g/mol. The van der Waals surface area contributed by atoms with Crippen LogP contribution in [0.1, 0.15) is 13.8 Å². The van der Waals surface area contributed by atoms with Crippen LogP contribution < -0.4 is 10.2 Å². The number of rotatable bonds is 4. The lowest BCUT2D eigenvalue weighted by molar-refractivity contribution is 0.0532. The van der Waals surface area contributed by atoms with Crippen molar-refractivity contribution < 1.29 is 4.74 Å². The molecule has 8 nitrogen and oxygen atoms in total. The first kappa shape index (κ1) is 17.8. The molecule has 0 bridgehead atoms. The molecular formula is C21H23N7O. The molecule has 1 fully saturated rings. The van der Waals surface area contributed by atoms with Gasteiger partial charge >= 0.3 is 0 Å². The van der Waals surface area contributed by atoms with Crippen molar-refractivity contribution in [1.82, 2.24) is 24.5 Å². The summed E-state index contributed by atoms with van der Waals surface area (Å²) in [5.74, 6) is 1.24. The molecule has 0 amide bonds. The normalized spacial score (nSPS) is 17.2. The molecule has 8 heteroatoms. The van der Waals surface area contributed by atoms with E-state index in [-0.39, 0.29) is 6.10 Å². The van der Waals surface area contributed by atoms with E-state index >= 15 is 0 Å².